The summed E-state index contributed by atoms with van der Waals surface area (Å²) in [5.41, 5.74) is 10.5. The first kappa shape index (κ1) is 36.5. The molecule has 0 spiro atoms. The summed E-state index contributed by atoms with van der Waals surface area (Å²) in [6.45, 7) is 4.09. The fourth-order valence-corrected chi connectivity index (χ4v) is 8.58. The Morgan fingerprint density at radius 1 is 0.417 bits per heavy atom. The van der Waals surface area contributed by atoms with Gasteiger partial charge >= 0.3 is 6.18 Å². The molecule has 0 bridgehead atoms. The lowest BCUT2D eigenvalue weighted by Gasteiger charge is -2.19. The number of aromatic nitrogens is 2. The smallest absolute Gasteiger partial charge is 0.308 e. The van der Waals surface area contributed by atoms with Crippen LogP contribution in [0.2, 0.25) is 0 Å². The molecule has 8 aromatic carbocycles. The second-order valence-electron chi connectivity index (χ2n) is 15.3. The number of fused-ring (bicyclic) bond motifs is 6. The largest absolute Gasteiger partial charge is 0.416 e. The van der Waals surface area contributed by atoms with E-state index < -0.39 is 11.7 Å². The van der Waals surface area contributed by atoms with Crippen molar-refractivity contribution >= 4 is 43.6 Å². The summed E-state index contributed by atoms with van der Waals surface area (Å²) in [6, 6.07) is 56.6. The number of para-hydroxylation sites is 2. The van der Waals surface area contributed by atoms with Crippen LogP contribution < -0.4 is 0 Å². The Labute approximate surface area is 343 Å². The van der Waals surface area contributed by atoms with Gasteiger partial charge in [0.1, 0.15) is 11.6 Å². The maximum absolute atomic E-state index is 14.5. The van der Waals surface area contributed by atoms with Crippen molar-refractivity contribution in [1.82, 2.24) is 9.13 Å². The summed E-state index contributed by atoms with van der Waals surface area (Å²) in [4.78, 5) is 0. The zero-order valence-electron chi connectivity index (χ0n) is 32.5. The van der Waals surface area contributed by atoms with Crippen LogP contribution in [-0.2, 0) is 6.18 Å². The first-order valence-electron chi connectivity index (χ1n) is 19.5. The van der Waals surface area contributed by atoms with Gasteiger partial charge in [-0.15, -0.1) is 0 Å². The van der Waals surface area contributed by atoms with Crippen LogP contribution in [0.5, 0.6) is 0 Å². The third-order valence-corrected chi connectivity index (χ3v) is 11.5. The third-order valence-electron chi connectivity index (χ3n) is 11.5. The van der Waals surface area contributed by atoms with E-state index >= 15 is 0 Å². The average Bonchev–Trinajstić information content (AvgIpc) is 3.78. The first-order valence-corrected chi connectivity index (χ1v) is 19.5. The highest BCUT2D eigenvalue weighted by Crippen LogP contribution is 2.43. The highest BCUT2D eigenvalue weighted by Gasteiger charge is 2.32. The van der Waals surface area contributed by atoms with Crippen LogP contribution in [-0.4, -0.2) is 9.13 Å². The predicted octanol–water partition coefficient (Wildman–Crippen LogP) is 14.3. The highest BCUT2D eigenvalue weighted by atomic mass is 19.4. The van der Waals surface area contributed by atoms with Crippen molar-refractivity contribution in [3.8, 4) is 56.9 Å². The van der Waals surface area contributed by atoms with E-state index in [1.165, 1.54) is 6.07 Å². The molecule has 0 N–H and O–H groups in total. The van der Waals surface area contributed by atoms with Crippen molar-refractivity contribution in [1.29, 1.82) is 10.5 Å². The Morgan fingerprint density at radius 3 is 1.30 bits per heavy atom. The maximum atomic E-state index is 14.5. The molecule has 0 saturated heterocycles. The van der Waals surface area contributed by atoms with Crippen LogP contribution in [0, 0.1) is 36.5 Å². The number of rotatable bonds is 5. The summed E-state index contributed by atoms with van der Waals surface area (Å²) in [7, 11) is 0. The van der Waals surface area contributed by atoms with Gasteiger partial charge in [0.2, 0.25) is 0 Å². The Kier molecular flexibility index (Phi) is 8.45. The molecule has 0 aliphatic carbocycles. The molecule has 0 aliphatic rings. The van der Waals surface area contributed by atoms with Gasteiger partial charge in [-0.1, -0.05) is 120 Å². The minimum atomic E-state index is -4.70. The van der Waals surface area contributed by atoms with Gasteiger partial charge in [0, 0.05) is 21.5 Å². The molecule has 286 valence electrons. The second kappa shape index (κ2) is 13.9. The lowest BCUT2D eigenvalue weighted by Crippen LogP contribution is -2.07. The molecule has 2 aromatic heterocycles. The molecule has 60 heavy (non-hydrogen) atoms. The van der Waals surface area contributed by atoms with Crippen LogP contribution >= 0.6 is 0 Å². The number of nitrogens with zero attached hydrogens (tertiary/aromatic N) is 4. The molecule has 10 rings (SSSR count). The fraction of sp³-hybridized carbons (Fsp3) is 0.0566. The molecule has 0 unspecified atom stereocenters. The normalized spacial score (nSPS) is 11.7. The molecule has 4 nitrogen and oxygen atoms in total. The molecule has 0 saturated carbocycles. The Balaban J connectivity index is 1.35. The quantitative estimate of drug-likeness (QED) is 0.175. The maximum Gasteiger partial charge on any atom is 0.416 e. The van der Waals surface area contributed by atoms with Gasteiger partial charge in [-0.25, -0.2) is 0 Å². The van der Waals surface area contributed by atoms with E-state index in [0.717, 1.165) is 89.1 Å². The van der Waals surface area contributed by atoms with Gasteiger partial charge < -0.3 is 9.13 Å². The molecule has 0 amide bonds. The summed E-state index contributed by atoms with van der Waals surface area (Å²) < 4.78 is 47.5. The van der Waals surface area contributed by atoms with Crippen molar-refractivity contribution in [2.45, 2.75) is 20.0 Å². The molecular formula is C53H33F3N4. The molecule has 10 aromatic rings. The lowest BCUT2D eigenvalue weighted by molar-refractivity contribution is -0.137. The number of alkyl halides is 3. The first-order chi connectivity index (χ1) is 29.1. The van der Waals surface area contributed by atoms with Gasteiger partial charge in [0.25, 0.3) is 0 Å². The van der Waals surface area contributed by atoms with Crippen LogP contribution in [0.25, 0.3) is 88.4 Å². The third kappa shape index (κ3) is 5.99. The van der Waals surface area contributed by atoms with Gasteiger partial charge in [0.15, 0.2) is 0 Å². The Bertz CT molecular complexity index is 3260. The SMILES string of the molecule is Cc1ccc(-c2ccc3c4ccccc4n(-c4cc(-c5cc(C#N)cc(C(F)(F)F)c5)cc(-n5c6ccccc6c6ccc(-c7ccc(C)cc7)cc65)c4C#N)c3c2)cc1. The monoisotopic (exact) mass is 782 g/mol. The topological polar surface area (TPSA) is 57.4 Å². The van der Waals surface area contributed by atoms with E-state index in [0.29, 0.717) is 22.5 Å². The molecule has 0 radical (unpaired) electrons. The standard InChI is InChI=1S/C53H33F3N4/c1-32-11-15-35(16-12-32)37-19-21-44-42-7-3-5-9-47(42)59(49(44)26-37)51-28-40(39-23-34(30-57)24-41(25-39)53(54,55)56)29-52(46(51)31-58)60-48-10-6-4-8-43(48)45-22-20-38(27-50(45)60)36-17-13-33(2)14-18-36/h3-29H,1-2H3. The minimum Gasteiger partial charge on any atom is -0.308 e. The van der Waals surface area contributed by atoms with Crippen LogP contribution in [0.4, 0.5) is 13.2 Å². The number of hydrogen-bond donors (Lipinski definition) is 0. The molecule has 0 aliphatic heterocycles. The van der Waals surface area contributed by atoms with Gasteiger partial charge in [-0.2, -0.15) is 23.7 Å². The van der Waals surface area contributed by atoms with E-state index in [-0.39, 0.29) is 11.1 Å². The number of hydrogen-bond acceptors (Lipinski definition) is 2. The van der Waals surface area contributed by atoms with Crippen molar-refractivity contribution in [3.05, 3.63) is 192 Å². The summed E-state index contributed by atoms with van der Waals surface area (Å²) in [6.07, 6.45) is -4.70. The number of halogens is 3. The number of nitriles is 2. The predicted molar refractivity (Wildman–Crippen MR) is 235 cm³/mol. The fourth-order valence-electron chi connectivity index (χ4n) is 8.58. The molecule has 0 fully saturated rings. The van der Waals surface area contributed by atoms with Gasteiger partial charge in [0.05, 0.1) is 50.6 Å². The lowest BCUT2D eigenvalue weighted by atomic mass is 9.96. The summed E-state index contributed by atoms with van der Waals surface area (Å²) in [5.74, 6) is 0. The summed E-state index contributed by atoms with van der Waals surface area (Å²) in [5, 5.41) is 25.2. The summed E-state index contributed by atoms with van der Waals surface area (Å²) >= 11 is 0. The van der Waals surface area contributed by atoms with E-state index in [4.69, 9.17) is 0 Å². The minimum absolute atomic E-state index is 0.119. The molecule has 2 heterocycles. The van der Waals surface area contributed by atoms with Crippen molar-refractivity contribution in [2.75, 3.05) is 0 Å². The van der Waals surface area contributed by atoms with Gasteiger partial charge in [-0.3, -0.25) is 0 Å². The number of aryl methyl sites for hydroxylation is 2. The van der Waals surface area contributed by atoms with Crippen LogP contribution in [0.15, 0.2) is 164 Å². The van der Waals surface area contributed by atoms with E-state index in [1.807, 2.05) is 68.4 Å². The van der Waals surface area contributed by atoms with E-state index in [9.17, 15) is 23.7 Å². The zero-order chi connectivity index (χ0) is 41.3. The van der Waals surface area contributed by atoms with Crippen LogP contribution in [0.1, 0.15) is 27.8 Å². The zero-order valence-corrected chi connectivity index (χ0v) is 32.5. The molecule has 7 heteroatoms. The van der Waals surface area contributed by atoms with Crippen LogP contribution in [0.3, 0.4) is 0 Å². The number of benzene rings is 8. The molecule has 0 atom stereocenters. The van der Waals surface area contributed by atoms with Crippen molar-refractivity contribution < 1.29 is 13.2 Å². The highest BCUT2D eigenvalue weighted by molar-refractivity contribution is 6.12. The van der Waals surface area contributed by atoms with E-state index in [2.05, 4.69) is 100 Å². The van der Waals surface area contributed by atoms with Crippen molar-refractivity contribution in [2.24, 2.45) is 0 Å². The Hall–Kier alpha value is -7.87. The van der Waals surface area contributed by atoms with E-state index in [1.54, 1.807) is 12.1 Å². The second-order valence-corrected chi connectivity index (χ2v) is 15.3. The Morgan fingerprint density at radius 2 is 0.850 bits per heavy atom. The average molecular weight is 783 g/mol. The van der Waals surface area contributed by atoms with Crippen molar-refractivity contribution in [3.63, 3.8) is 0 Å². The van der Waals surface area contributed by atoms with Gasteiger partial charge in [-0.05, 0) is 102 Å². The molecular weight excluding hydrogens is 750 g/mol.